The van der Waals surface area contributed by atoms with E-state index in [9.17, 15) is 9.59 Å². The molecule has 6 nitrogen and oxygen atoms in total. The second-order valence-electron chi connectivity index (χ2n) is 5.33. The van der Waals surface area contributed by atoms with Gasteiger partial charge in [0.1, 0.15) is 18.4 Å². The van der Waals surface area contributed by atoms with E-state index in [1.54, 1.807) is 17.2 Å². The molecule has 1 saturated heterocycles. The summed E-state index contributed by atoms with van der Waals surface area (Å²) in [5.41, 5.74) is 0.739. The standard InChI is InChI=1S/C14H20N4O2/c1-4-11-14(20)18(7-10-5-6-15-8-16-10)12(9(2)3)13(19)17-11/h5-6,8-9,11-12H,4,7H2,1-3H3,(H,17,19). The van der Waals surface area contributed by atoms with Gasteiger partial charge in [-0.1, -0.05) is 20.8 Å². The van der Waals surface area contributed by atoms with Crippen LogP contribution in [0, 0.1) is 5.92 Å². The minimum atomic E-state index is -0.444. The van der Waals surface area contributed by atoms with Crippen molar-refractivity contribution >= 4 is 11.8 Å². The Balaban J connectivity index is 2.27. The molecule has 0 aromatic carbocycles. The van der Waals surface area contributed by atoms with Crippen LogP contribution >= 0.6 is 0 Å². The molecule has 1 N–H and O–H groups in total. The Morgan fingerprint density at radius 3 is 2.70 bits per heavy atom. The molecule has 2 unspecified atom stereocenters. The summed E-state index contributed by atoms with van der Waals surface area (Å²) in [7, 11) is 0. The fourth-order valence-electron chi connectivity index (χ4n) is 2.50. The Hall–Kier alpha value is -1.98. The first-order valence-electron chi connectivity index (χ1n) is 6.90. The zero-order chi connectivity index (χ0) is 14.7. The maximum atomic E-state index is 12.5. The smallest absolute Gasteiger partial charge is 0.246 e. The van der Waals surface area contributed by atoms with Crippen molar-refractivity contribution in [3.05, 3.63) is 24.3 Å². The molecule has 2 amide bonds. The number of carbonyl (C=O) groups excluding carboxylic acids is 2. The van der Waals surface area contributed by atoms with E-state index in [4.69, 9.17) is 0 Å². The van der Waals surface area contributed by atoms with Crippen LogP contribution in [0.4, 0.5) is 0 Å². The molecule has 2 atom stereocenters. The van der Waals surface area contributed by atoms with Gasteiger partial charge in [-0.3, -0.25) is 9.59 Å². The molecule has 1 aliphatic heterocycles. The van der Waals surface area contributed by atoms with Crippen molar-refractivity contribution in [2.75, 3.05) is 0 Å². The molecule has 108 valence electrons. The van der Waals surface area contributed by atoms with Gasteiger partial charge in [0.25, 0.3) is 0 Å². The summed E-state index contributed by atoms with van der Waals surface area (Å²) in [5.74, 6) is -0.0662. The predicted octanol–water partition coefficient (Wildman–Crippen LogP) is 0.738. The Morgan fingerprint density at radius 2 is 2.15 bits per heavy atom. The molecule has 0 bridgehead atoms. The second-order valence-corrected chi connectivity index (χ2v) is 5.33. The molecule has 2 rings (SSSR count). The Bertz CT molecular complexity index is 489. The van der Waals surface area contributed by atoms with Gasteiger partial charge in [0, 0.05) is 6.20 Å². The first-order valence-corrected chi connectivity index (χ1v) is 6.90. The molecule has 0 aliphatic carbocycles. The molecule has 0 spiro atoms. The fourth-order valence-corrected chi connectivity index (χ4v) is 2.50. The van der Waals surface area contributed by atoms with Crippen LogP contribution in [0.15, 0.2) is 18.6 Å². The number of hydrogen-bond donors (Lipinski definition) is 1. The zero-order valence-corrected chi connectivity index (χ0v) is 12.0. The highest BCUT2D eigenvalue weighted by Gasteiger charge is 2.41. The summed E-state index contributed by atoms with van der Waals surface area (Å²) in [5, 5.41) is 2.80. The van der Waals surface area contributed by atoms with Crippen molar-refractivity contribution in [1.29, 1.82) is 0 Å². The highest BCUT2D eigenvalue weighted by atomic mass is 16.2. The van der Waals surface area contributed by atoms with E-state index >= 15 is 0 Å². The van der Waals surface area contributed by atoms with Gasteiger partial charge in [0.05, 0.1) is 12.2 Å². The fraction of sp³-hybridized carbons (Fsp3) is 0.571. The van der Waals surface area contributed by atoms with E-state index in [0.29, 0.717) is 13.0 Å². The number of rotatable bonds is 4. The third-order valence-corrected chi connectivity index (χ3v) is 3.52. The van der Waals surface area contributed by atoms with Gasteiger partial charge < -0.3 is 10.2 Å². The Labute approximate surface area is 118 Å². The third kappa shape index (κ3) is 2.79. The molecule has 1 aromatic heterocycles. The molecular weight excluding hydrogens is 256 g/mol. The van der Waals surface area contributed by atoms with Gasteiger partial charge in [-0.15, -0.1) is 0 Å². The molecular formula is C14H20N4O2. The monoisotopic (exact) mass is 276 g/mol. The molecule has 1 aliphatic rings. The van der Waals surface area contributed by atoms with E-state index in [2.05, 4.69) is 15.3 Å². The van der Waals surface area contributed by atoms with Crippen LogP contribution in [-0.4, -0.2) is 38.8 Å². The maximum absolute atomic E-state index is 12.5. The number of nitrogens with zero attached hydrogens (tertiary/aromatic N) is 3. The van der Waals surface area contributed by atoms with Crippen molar-refractivity contribution in [1.82, 2.24) is 20.2 Å². The molecule has 0 saturated carbocycles. The first-order chi connectivity index (χ1) is 9.54. The van der Waals surface area contributed by atoms with Gasteiger partial charge in [0.2, 0.25) is 11.8 Å². The second kappa shape index (κ2) is 5.98. The van der Waals surface area contributed by atoms with Crippen molar-refractivity contribution in [3.8, 4) is 0 Å². The highest BCUT2D eigenvalue weighted by Crippen LogP contribution is 2.20. The summed E-state index contributed by atoms with van der Waals surface area (Å²) in [6, 6.07) is 0.887. The van der Waals surface area contributed by atoms with Crippen LogP contribution in [0.1, 0.15) is 32.9 Å². The lowest BCUT2D eigenvalue weighted by Gasteiger charge is -2.40. The first kappa shape index (κ1) is 14.4. The third-order valence-electron chi connectivity index (χ3n) is 3.52. The van der Waals surface area contributed by atoms with Crippen molar-refractivity contribution < 1.29 is 9.59 Å². The Kier molecular flexibility index (Phi) is 4.32. The summed E-state index contributed by atoms with van der Waals surface area (Å²) in [6.45, 7) is 6.11. The molecule has 0 radical (unpaired) electrons. The van der Waals surface area contributed by atoms with Gasteiger partial charge in [-0.05, 0) is 18.4 Å². The van der Waals surface area contributed by atoms with Crippen LogP contribution in [0.3, 0.4) is 0 Å². The van der Waals surface area contributed by atoms with E-state index in [1.165, 1.54) is 6.33 Å². The van der Waals surface area contributed by atoms with Crippen LogP contribution in [0.25, 0.3) is 0 Å². The van der Waals surface area contributed by atoms with E-state index in [1.807, 2.05) is 20.8 Å². The van der Waals surface area contributed by atoms with Gasteiger partial charge in [-0.25, -0.2) is 9.97 Å². The number of amides is 2. The predicted molar refractivity (Wildman–Crippen MR) is 73.4 cm³/mol. The average molecular weight is 276 g/mol. The number of aromatic nitrogens is 2. The van der Waals surface area contributed by atoms with E-state index in [0.717, 1.165) is 5.69 Å². The van der Waals surface area contributed by atoms with Gasteiger partial charge in [0.15, 0.2) is 0 Å². The van der Waals surface area contributed by atoms with Gasteiger partial charge in [-0.2, -0.15) is 0 Å². The lowest BCUT2D eigenvalue weighted by Crippen LogP contribution is -2.64. The number of hydrogen-bond acceptors (Lipinski definition) is 4. The molecule has 20 heavy (non-hydrogen) atoms. The Morgan fingerprint density at radius 1 is 1.40 bits per heavy atom. The normalized spacial score (nSPS) is 23.1. The lowest BCUT2D eigenvalue weighted by atomic mass is 9.96. The molecule has 2 heterocycles. The summed E-state index contributed by atoms with van der Waals surface area (Å²) in [6.07, 6.45) is 3.68. The average Bonchev–Trinajstić information content (AvgIpc) is 2.43. The SMILES string of the molecule is CCC1NC(=O)C(C(C)C)N(Cc2ccncn2)C1=O. The topological polar surface area (TPSA) is 75.2 Å². The molecule has 1 fully saturated rings. The zero-order valence-electron chi connectivity index (χ0n) is 12.0. The summed E-state index contributed by atoms with van der Waals surface area (Å²) >= 11 is 0. The maximum Gasteiger partial charge on any atom is 0.246 e. The molecule has 1 aromatic rings. The van der Waals surface area contributed by atoms with Crippen LogP contribution in [0.2, 0.25) is 0 Å². The number of carbonyl (C=O) groups is 2. The summed E-state index contributed by atoms with van der Waals surface area (Å²) in [4.78, 5) is 34.3. The van der Waals surface area contributed by atoms with Crippen LogP contribution in [0.5, 0.6) is 0 Å². The highest BCUT2D eigenvalue weighted by molar-refractivity contribution is 5.97. The van der Waals surface area contributed by atoms with E-state index < -0.39 is 12.1 Å². The quantitative estimate of drug-likeness (QED) is 0.880. The largest absolute Gasteiger partial charge is 0.343 e. The van der Waals surface area contributed by atoms with Crippen LogP contribution < -0.4 is 5.32 Å². The lowest BCUT2D eigenvalue weighted by molar-refractivity contribution is -0.152. The van der Waals surface area contributed by atoms with Gasteiger partial charge >= 0.3 is 0 Å². The molecule has 6 heteroatoms. The minimum Gasteiger partial charge on any atom is -0.343 e. The van der Waals surface area contributed by atoms with Crippen LogP contribution in [-0.2, 0) is 16.1 Å². The van der Waals surface area contributed by atoms with Crippen molar-refractivity contribution in [2.45, 2.75) is 45.8 Å². The van der Waals surface area contributed by atoms with Crippen molar-refractivity contribution in [3.63, 3.8) is 0 Å². The number of nitrogens with one attached hydrogen (secondary N) is 1. The summed E-state index contributed by atoms with van der Waals surface area (Å²) < 4.78 is 0. The van der Waals surface area contributed by atoms with Crippen molar-refractivity contribution in [2.24, 2.45) is 5.92 Å². The number of piperazine rings is 1. The van der Waals surface area contributed by atoms with E-state index in [-0.39, 0.29) is 17.7 Å². The minimum absolute atomic E-state index is 0.0376.